The number of hydrogen-bond donors (Lipinski definition) is 0. The molecule has 3 nitrogen and oxygen atoms in total. The summed E-state index contributed by atoms with van der Waals surface area (Å²) in [4.78, 5) is -0.290. The largest absolute Gasteiger partial charge is 0.492 e. The van der Waals surface area contributed by atoms with Crippen LogP contribution in [-0.4, -0.2) is 26.0 Å². The Morgan fingerprint density at radius 2 is 1.95 bits per heavy atom. The SMILES string of the molecule is CCCOc1ccc(C(Br)C(C)(C)S(C)(=O)=O)cc1Br. The van der Waals surface area contributed by atoms with Crippen molar-refractivity contribution in [3.63, 3.8) is 0 Å². The van der Waals surface area contributed by atoms with Gasteiger partial charge >= 0.3 is 0 Å². The summed E-state index contributed by atoms with van der Waals surface area (Å²) in [5.41, 5.74) is 0.899. The first kappa shape index (κ1) is 18.0. The summed E-state index contributed by atoms with van der Waals surface area (Å²) in [6, 6.07) is 5.65. The van der Waals surface area contributed by atoms with E-state index in [-0.39, 0.29) is 4.83 Å². The van der Waals surface area contributed by atoms with E-state index in [9.17, 15) is 8.42 Å². The number of sulfone groups is 1. The summed E-state index contributed by atoms with van der Waals surface area (Å²) >= 11 is 6.98. The van der Waals surface area contributed by atoms with Crippen LogP contribution in [0, 0.1) is 0 Å². The Kier molecular flexibility index (Phi) is 6.11. The number of ether oxygens (including phenoxy) is 1. The van der Waals surface area contributed by atoms with Gasteiger partial charge in [-0.3, -0.25) is 0 Å². The minimum Gasteiger partial charge on any atom is -0.492 e. The van der Waals surface area contributed by atoms with Crippen LogP contribution in [0.2, 0.25) is 0 Å². The molecule has 0 aliphatic carbocycles. The van der Waals surface area contributed by atoms with E-state index in [1.165, 1.54) is 6.26 Å². The van der Waals surface area contributed by atoms with E-state index in [0.29, 0.717) is 6.61 Å². The van der Waals surface area contributed by atoms with E-state index < -0.39 is 14.6 Å². The van der Waals surface area contributed by atoms with Gasteiger partial charge in [-0.05, 0) is 53.9 Å². The second-order valence-electron chi connectivity index (χ2n) is 5.28. The molecule has 0 saturated heterocycles. The standard InChI is InChI=1S/C14H20Br2O3S/c1-5-8-19-12-7-6-10(9-11(12)15)13(16)14(2,3)20(4,17)18/h6-7,9,13H,5,8H2,1-4H3. The molecule has 0 heterocycles. The van der Waals surface area contributed by atoms with Crippen LogP contribution in [-0.2, 0) is 9.84 Å². The molecule has 0 bridgehead atoms. The molecule has 1 unspecified atom stereocenters. The third-order valence-electron chi connectivity index (χ3n) is 3.28. The topological polar surface area (TPSA) is 43.4 Å². The number of benzene rings is 1. The molecule has 0 fully saturated rings. The van der Waals surface area contributed by atoms with E-state index in [1.807, 2.05) is 25.1 Å². The monoisotopic (exact) mass is 426 g/mol. The van der Waals surface area contributed by atoms with Crippen LogP contribution in [0.1, 0.15) is 37.6 Å². The first-order valence-electron chi connectivity index (χ1n) is 6.37. The highest BCUT2D eigenvalue weighted by atomic mass is 79.9. The molecule has 0 saturated carbocycles. The summed E-state index contributed by atoms with van der Waals surface area (Å²) in [6.07, 6.45) is 2.20. The van der Waals surface area contributed by atoms with Crippen molar-refractivity contribution < 1.29 is 13.2 Å². The summed E-state index contributed by atoms with van der Waals surface area (Å²) in [5, 5.41) is 0. The van der Waals surface area contributed by atoms with Gasteiger partial charge in [0.05, 0.1) is 20.7 Å². The quantitative estimate of drug-likeness (QED) is 0.627. The molecule has 0 aliphatic heterocycles. The molecule has 0 aromatic heterocycles. The average Bonchev–Trinajstić information content (AvgIpc) is 2.35. The molecule has 114 valence electrons. The van der Waals surface area contributed by atoms with Gasteiger partial charge in [0, 0.05) is 6.26 Å². The minimum atomic E-state index is -3.18. The third-order valence-corrected chi connectivity index (χ3v) is 8.02. The average molecular weight is 428 g/mol. The van der Waals surface area contributed by atoms with Gasteiger partial charge < -0.3 is 4.74 Å². The van der Waals surface area contributed by atoms with Crippen molar-refractivity contribution in [2.75, 3.05) is 12.9 Å². The molecule has 1 aromatic carbocycles. The molecular weight excluding hydrogens is 408 g/mol. The molecular formula is C14H20Br2O3S. The Labute approximate surface area is 138 Å². The van der Waals surface area contributed by atoms with Crippen molar-refractivity contribution >= 4 is 41.7 Å². The van der Waals surface area contributed by atoms with Crippen LogP contribution < -0.4 is 4.74 Å². The lowest BCUT2D eigenvalue weighted by Crippen LogP contribution is -2.35. The van der Waals surface area contributed by atoms with Gasteiger partial charge in [-0.25, -0.2) is 8.42 Å². The maximum atomic E-state index is 11.9. The van der Waals surface area contributed by atoms with Crippen molar-refractivity contribution in [3.8, 4) is 5.75 Å². The molecule has 0 amide bonds. The fourth-order valence-corrected chi connectivity index (χ4v) is 3.92. The number of alkyl halides is 1. The second-order valence-corrected chi connectivity index (χ2v) is 9.64. The van der Waals surface area contributed by atoms with Crippen molar-refractivity contribution in [1.29, 1.82) is 0 Å². The predicted octanol–water partition coefficient (Wildman–Crippen LogP) is 4.50. The Morgan fingerprint density at radius 3 is 2.40 bits per heavy atom. The van der Waals surface area contributed by atoms with E-state index in [1.54, 1.807) is 13.8 Å². The lowest BCUT2D eigenvalue weighted by atomic mass is 10.0. The van der Waals surface area contributed by atoms with Crippen molar-refractivity contribution in [1.82, 2.24) is 0 Å². The van der Waals surface area contributed by atoms with Gasteiger partial charge in [-0.2, -0.15) is 0 Å². The fourth-order valence-electron chi connectivity index (χ4n) is 1.59. The first-order valence-corrected chi connectivity index (χ1v) is 9.97. The molecule has 0 N–H and O–H groups in total. The summed E-state index contributed by atoms with van der Waals surface area (Å²) in [7, 11) is -3.18. The van der Waals surface area contributed by atoms with Crippen LogP contribution in [0.25, 0.3) is 0 Å². The Morgan fingerprint density at radius 1 is 1.35 bits per heavy atom. The number of halogens is 2. The minimum absolute atomic E-state index is 0.290. The van der Waals surface area contributed by atoms with E-state index in [4.69, 9.17) is 4.74 Å². The second kappa shape index (κ2) is 6.79. The van der Waals surface area contributed by atoms with Gasteiger partial charge in [0.2, 0.25) is 0 Å². The fraction of sp³-hybridized carbons (Fsp3) is 0.571. The number of hydrogen-bond acceptors (Lipinski definition) is 3. The third kappa shape index (κ3) is 3.98. The van der Waals surface area contributed by atoms with Crippen molar-refractivity contribution in [2.45, 2.75) is 36.8 Å². The van der Waals surface area contributed by atoms with Gasteiger partial charge in [0.25, 0.3) is 0 Å². The molecule has 1 aromatic rings. The molecule has 0 aliphatic rings. The van der Waals surface area contributed by atoms with Crippen LogP contribution in [0.15, 0.2) is 22.7 Å². The van der Waals surface area contributed by atoms with Crippen LogP contribution >= 0.6 is 31.9 Å². The summed E-state index contributed by atoms with van der Waals surface area (Å²) < 4.78 is 29.3. The Balaban J connectivity index is 3.07. The molecule has 6 heteroatoms. The van der Waals surface area contributed by atoms with Gasteiger partial charge in [-0.15, -0.1) is 0 Å². The zero-order chi connectivity index (χ0) is 15.6. The number of rotatable bonds is 6. The first-order chi connectivity index (χ1) is 9.11. The van der Waals surface area contributed by atoms with E-state index >= 15 is 0 Å². The maximum absolute atomic E-state index is 11.9. The normalized spacial score (nSPS) is 14.1. The van der Waals surface area contributed by atoms with E-state index in [2.05, 4.69) is 31.9 Å². The Hall–Kier alpha value is -0.0700. The highest BCUT2D eigenvalue weighted by Gasteiger charge is 2.38. The zero-order valence-electron chi connectivity index (χ0n) is 12.1. The van der Waals surface area contributed by atoms with Gasteiger partial charge in [0.15, 0.2) is 9.84 Å². The molecule has 0 radical (unpaired) electrons. The van der Waals surface area contributed by atoms with Crippen molar-refractivity contribution in [3.05, 3.63) is 28.2 Å². The van der Waals surface area contributed by atoms with Crippen LogP contribution in [0.5, 0.6) is 5.75 Å². The highest BCUT2D eigenvalue weighted by Crippen LogP contribution is 2.41. The van der Waals surface area contributed by atoms with Gasteiger partial charge in [0.1, 0.15) is 5.75 Å². The Bertz CT molecular complexity index is 568. The zero-order valence-corrected chi connectivity index (χ0v) is 16.1. The maximum Gasteiger partial charge on any atom is 0.154 e. The summed E-state index contributed by atoms with van der Waals surface area (Å²) in [5.74, 6) is 0.771. The lowest BCUT2D eigenvalue weighted by molar-refractivity contribution is 0.315. The van der Waals surface area contributed by atoms with Crippen LogP contribution in [0.4, 0.5) is 0 Å². The molecule has 1 rings (SSSR count). The smallest absolute Gasteiger partial charge is 0.154 e. The van der Waals surface area contributed by atoms with E-state index in [0.717, 1.165) is 22.2 Å². The highest BCUT2D eigenvalue weighted by molar-refractivity contribution is 9.10. The van der Waals surface area contributed by atoms with Gasteiger partial charge in [-0.1, -0.05) is 28.9 Å². The predicted molar refractivity (Wildman–Crippen MR) is 90.5 cm³/mol. The summed E-state index contributed by atoms with van der Waals surface area (Å²) in [6.45, 7) is 6.14. The molecule has 20 heavy (non-hydrogen) atoms. The lowest BCUT2D eigenvalue weighted by Gasteiger charge is -2.29. The molecule has 1 atom stereocenters. The molecule has 0 spiro atoms. The van der Waals surface area contributed by atoms with Crippen LogP contribution in [0.3, 0.4) is 0 Å². The van der Waals surface area contributed by atoms with Crippen molar-refractivity contribution in [2.24, 2.45) is 0 Å².